The molecule has 0 radical (unpaired) electrons. The Kier molecular flexibility index (Phi) is 6.09. The van der Waals surface area contributed by atoms with Gasteiger partial charge < -0.3 is 10.2 Å². The van der Waals surface area contributed by atoms with Gasteiger partial charge in [0.1, 0.15) is 0 Å². The topological polar surface area (TPSA) is 58.1 Å². The lowest BCUT2D eigenvalue weighted by Crippen LogP contribution is -2.28. The summed E-state index contributed by atoms with van der Waals surface area (Å²) in [6.45, 7) is 5.58. The Morgan fingerprint density at radius 1 is 1.17 bits per heavy atom. The second-order valence-corrected chi connectivity index (χ2v) is 5.71. The summed E-state index contributed by atoms with van der Waals surface area (Å²) in [6, 6.07) is 8.30. The molecule has 0 saturated heterocycles. The average molecular weight is 312 g/mol. The van der Waals surface area contributed by atoms with E-state index in [2.05, 4.69) is 53.4 Å². The number of amides is 1. The number of unbranched alkanes of at least 4 members (excludes halogenated alkanes) is 1. The van der Waals surface area contributed by atoms with E-state index in [0.717, 1.165) is 19.4 Å². The molecule has 0 bridgehead atoms. The van der Waals surface area contributed by atoms with E-state index in [1.165, 1.54) is 11.1 Å². The molecule has 0 fully saturated rings. The molecule has 1 amide bonds. The zero-order valence-corrected chi connectivity index (χ0v) is 14.0. The van der Waals surface area contributed by atoms with Gasteiger partial charge in [-0.3, -0.25) is 4.79 Å². The van der Waals surface area contributed by atoms with Crippen molar-refractivity contribution < 1.29 is 4.79 Å². The minimum atomic E-state index is -0.0384. The zero-order valence-electron chi connectivity index (χ0n) is 14.0. The summed E-state index contributed by atoms with van der Waals surface area (Å²) in [4.78, 5) is 22.4. The third-order valence-electron chi connectivity index (χ3n) is 3.66. The molecule has 0 spiro atoms. The lowest BCUT2D eigenvalue weighted by atomic mass is 10.1. The van der Waals surface area contributed by atoms with Gasteiger partial charge in [-0.05, 0) is 18.9 Å². The molecule has 23 heavy (non-hydrogen) atoms. The number of hydrogen-bond donors (Lipinski definition) is 1. The maximum Gasteiger partial charge on any atom is 0.256 e. The van der Waals surface area contributed by atoms with Crippen molar-refractivity contribution in [2.45, 2.75) is 33.2 Å². The second-order valence-electron chi connectivity index (χ2n) is 5.71. The summed E-state index contributed by atoms with van der Waals surface area (Å²) in [5.41, 5.74) is 2.92. The molecule has 1 heterocycles. The number of rotatable bonds is 7. The fourth-order valence-electron chi connectivity index (χ4n) is 2.13. The number of benzene rings is 1. The van der Waals surface area contributed by atoms with Crippen LogP contribution in [-0.2, 0) is 6.54 Å². The minimum absolute atomic E-state index is 0.0384. The lowest BCUT2D eigenvalue weighted by Gasteiger charge is -2.16. The van der Waals surface area contributed by atoms with Gasteiger partial charge in [-0.15, -0.1) is 0 Å². The Hall–Kier alpha value is -2.43. The van der Waals surface area contributed by atoms with Gasteiger partial charge in [0.05, 0.1) is 5.56 Å². The van der Waals surface area contributed by atoms with Crippen LogP contribution in [0.1, 0.15) is 41.3 Å². The lowest BCUT2D eigenvalue weighted by molar-refractivity contribution is 0.0792. The van der Waals surface area contributed by atoms with E-state index in [9.17, 15) is 4.79 Å². The molecule has 0 aliphatic carbocycles. The average Bonchev–Trinajstić information content (AvgIpc) is 2.59. The highest BCUT2D eigenvalue weighted by molar-refractivity contribution is 5.93. The van der Waals surface area contributed by atoms with Crippen molar-refractivity contribution >= 4 is 11.9 Å². The standard InChI is InChI=1S/C18H24N4O/c1-4-5-10-22(3)17(23)16-12-20-18(21-13-16)19-11-15-8-6-14(2)7-9-15/h6-9,12-13H,4-5,10-11H2,1-3H3,(H,19,20,21). The Balaban J connectivity index is 1.91. The van der Waals surface area contributed by atoms with Crippen LogP contribution >= 0.6 is 0 Å². The first kappa shape index (κ1) is 16.9. The van der Waals surface area contributed by atoms with Gasteiger partial charge in [-0.25, -0.2) is 9.97 Å². The summed E-state index contributed by atoms with van der Waals surface area (Å²) in [6.07, 6.45) is 5.22. The van der Waals surface area contributed by atoms with Gasteiger partial charge in [0.2, 0.25) is 5.95 Å². The molecule has 0 unspecified atom stereocenters. The molecule has 0 aliphatic rings. The predicted octanol–water partition coefficient (Wildman–Crippen LogP) is 3.27. The number of carbonyl (C=O) groups is 1. The largest absolute Gasteiger partial charge is 0.350 e. The number of aromatic nitrogens is 2. The Morgan fingerprint density at radius 3 is 2.43 bits per heavy atom. The van der Waals surface area contributed by atoms with Crippen molar-refractivity contribution in [2.24, 2.45) is 0 Å². The Morgan fingerprint density at radius 2 is 1.83 bits per heavy atom. The predicted molar refractivity (Wildman–Crippen MR) is 92.4 cm³/mol. The SMILES string of the molecule is CCCCN(C)C(=O)c1cnc(NCc2ccc(C)cc2)nc1. The maximum atomic E-state index is 12.2. The van der Waals surface area contributed by atoms with Crippen molar-refractivity contribution in [3.63, 3.8) is 0 Å². The van der Waals surface area contributed by atoms with Crippen LogP contribution in [0.25, 0.3) is 0 Å². The van der Waals surface area contributed by atoms with E-state index in [1.54, 1.807) is 17.3 Å². The molecular formula is C18H24N4O. The van der Waals surface area contributed by atoms with Gasteiger partial charge in [0.25, 0.3) is 5.91 Å². The fourth-order valence-corrected chi connectivity index (χ4v) is 2.13. The number of nitrogens with zero attached hydrogens (tertiary/aromatic N) is 3. The van der Waals surface area contributed by atoms with Crippen LogP contribution < -0.4 is 5.32 Å². The van der Waals surface area contributed by atoms with E-state index >= 15 is 0 Å². The summed E-state index contributed by atoms with van der Waals surface area (Å²) >= 11 is 0. The molecule has 5 heteroatoms. The number of carbonyl (C=O) groups excluding carboxylic acids is 1. The minimum Gasteiger partial charge on any atom is -0.350 e. The summed E-state index contributed by atoms with van der Waals surface area (Å²) in [7, 11) is 1.81. The van der Waals surface area contributed by atoms with E-state index in [1.807, 2.05) is 7.05 Å². The van der Waals surface area contributed by atoms with Crippen molar-refractivity contribution in [3.8, 4) is 0 Å². The van der Waals surface area contributed by atoms with Gasteiger partial charge in [0.15, 0.2) is 0 Å². The maximum absolute atomic E-state index is 12.2. The first-order valence-corrected chi connectivity index (χ1v) is 7.97. The van der Waals surface area contributed by atoms with Crippen molar-refractivity contribution in [3.05, 3.63) is 53.3 Å². The first-order chi connectivity index (χ1) is 11.1. The number of nitrogens with one attached hydrogen (secondary N) is 1. The van der Waals surface area contributed by atoms with Gasteiger partial charge in [-0.1, -0.05) is 43.2 Å². The quantitative estimate of drug-likeness (QED) is 0.852. The van der Waals surface area contributed by atoms with Crippen LogP contribution in [0.2, 0.25) is 0 Å². The van der Waals surface area contributed by atoms with Crippen LogP contribution in [-0.4, -0.2) is 34.4 Å². The third-order valence-corrected chi connectivity index (χ3v) is 3.66. The summed E-state index contributed by atoms with van der Waals surface area (Å²) < 4.78 is 0. The highest BCUT2D eigenvalue weighted by Crippen LogP contribution is 2.08. The zero-order chi connectivity index (χ0) is 16.7. The molecule has 5 nitrogen and oxygen atoms in total. The Labute approximate surface area is 137 Å². The van der Waals surface area contributed by atoms with Crippen LogP contribution in [0.4, 0.5) is 5.95 Å². The summed E-state index contributed by atoms with van der Waals surface area (Å²) in [5.74, 6) is 0.488. The molecule has 2 rings (SSSR count). The molecular weight excluding hydrogens is 288 g/mol. The molecule has 1 aromatic carbocycles. The molecule has 0 atom stereocenters. The number of anilines is 1. The molecule has 122 valence electrons. The van der Waals surface area contributed by atoms with E-state index in [4.69, 9.17) is 0 Å². The third kappa shape index (κ3) is 5.06. The first-order valence-electron chi connectivity index (χ1n) is 7.97. The van der Waals surface area contributed by atoms with E-state index in [0.29, 0.717) is 18.1 Å². The van der Waals surface area contributed by atoms with Crippen LogP contribution in [0, 0.1) is 6.92 Å². The smallest absolute Gasteiger partial charge is 0.256 e. The normalized spacial score (nSPS) is 10.4. The van der Waals surface area contributed by atoms with Crippen LogP contribution in [0.15, 0.2) is 36.7 Å². The van der Waals surface area contributed by atoms with Gasteiger partial charge in [-0.2, -0.15) is 0 Å². The molecule has 1 aromatic heterocycles. The van der Waals surface area contributed by atoms with Gasteiger partial charge in [0, 0.05) is 32.5 Å². The van der Waals surface area contributed by atoms with Crippen molar-refractivity contribution in [2.75, 3.05) is 18.9 Å². The fraction of sp³-hybridized carbons (Fsp3) is 0.389. The number of aryl methyl sites for hydroxylation is 1. The van der Waals surface area contributed by atoms with Crippen molar-refractivity contribution in [1.82, 2.24) is 14.9 Å². The second kappa shape index (κ2) is 8.27. The van der Waals surface area contributed by atoms with E-state index in [-0.39, 0.29) is 5.91 Å². The summed E-state index contributed by atoms with van der Waals surface area (Å²) in [5, 5.41) is 3.16. The van der Waals surface area contributed by atoms with Crippen LogP contribution in [0.5, 0.6) is 0 Å². The monoisotopic (exact) mass is 312 g/mol. The highest BCUT2D eigenvalue weighted by Gasteiger charge is 2.12. The molecule has 0 aliphatic heterocycles. The highest BCUT2D eigenvalue weighted by atomic mass is 16.2. The number of hydrogen-bond acceptors (Lipinski definition) is 4. The Bertz CT molecular complexity index is 622. The molecule has 0 saturated carbocycles. The molecule has 1 N–H and O–H groups in total. The van der Waals surface area contributed by atoms with Gasteiger partial charge >= 0.3 is 0 Å². The van der Waals surface area contributed by atoms with Crippen molar-refractivity contribution in [1.29, 1.82) is 0 Å². The van der Waals surface area contributed by atoms with E-state index < -0.39 is 0 Å². The van der Waals surface area contributed by atoms with Crippen LogP contribution in [0.3, 0.4) is 0 Å². The molecule has 2 aromatic rings.